The molecule has 2 aliphatic heterocycles. The SMILES string of the molecule is CC(C)N1CC(C(=O)N2CCC(C)(C(=O)O)C2)CC1=O. The first-order chi connectivity index (χ1) is 9.24. The van der Waals surface area contributed by atoms with Crippen molar-refractivity contribution in [2.75, 3.05) is 19.6 Å². The van der Waals surface area contributed by atoms with E-state index in [1.54, 1.807) is 16.7 Å². The summed E-state index contributed by atoms with van der Waals surface area (Å²) in [5, 5.41) is 9.19. The molecule has 0 aliphatic carbocycles. The molecule has 0 radical (unpaired) electrons. The Balaban J connectivity index is 2.00. The lowest BCUT2D eigenvalue weighted by Crippen LogP contribution is -2.39. The van der Waals surface area contributed by atoms with Gasteiger partial charge in [-0.15, -0.1) is 0 Å². The van der Waals surface area contributed by atoms with E-state index in [9.17, 15) is 19.5 Å². The molecule has 6 heteroatoms. The van der Waals surface area contributed by atoms with Crippen LogP contribution in [0.2, 0.25) is 0 Å². The summed E-state index contributed by atoms with van der Waals surface area (Å²) in [6, 6.07) is 0.100. The van der Waals surface area contributed by atoms with Crippen LogP contribution in [0.25, 0.3) is 0 Å². The average molecular weight is 282 g/mol. The summed E-state index contributed by atoms with van der Waals surface area (Å²) in [6.07, 6.45) is 0.722. The van der Waals surface area contributed by atoms with E-state index in [4.69, 9.17) is 0 Å². The lowest BCUT2D eigenvalue weighted by atomic mass is 9.90. The van der Waals surface area contributed by atoms with Gasteiger partial charge in [-0.05, 0) is 27.2 Å². The van der Waals surface area contributed by atoms with Crippen molar-refractivity contribution in [2.45, 2.75) is 39.7 Å². The molecule has 0 saturated carbocycles. The topological polar surface area (TPSA) is 77.9 Å². The fraction of sp³-hybridized carbons (Fsp3) is 0.786. The van der Waals surface area contributed by atoms with Gasteiger partial charge in [0.05, 0.1) is 11.3 Å². The standard InChI is InChI=1S/C14H22N2O4/c1-9(2)16-7-10(6-11(16)17)12(18)15-5-4-14(3,8-15)13(19)20/h9-10H,4-8H2,1-3H3,(H,19,20). The third-order valence-electron chi connectivity index (χ3n) is 4.43. The van der Waals surface area contributed by atoms with E-state index in [-0.39, 0.29) is 36.7 Å². The van der Waals surface area contributed by atoms with Gasteiger partial charge in [-0.2, -0.15) is 0 Å². The Kier molecular flexibility index (Phi) is 3.75. The second-order valence-corrected chi connectivity index (χ2v) is 6.42. The zero-order chi connectivity index (χ0) is 15.1. The van der Waals surface area contributed by atoms with E-state index in [1.807, 2.05) is 13.8 Å². The van der Waals surface area contributed by atoms with Gasteiger partial charge < -0.3 is 14.9 Å². The quantitative estimate of drug-likeness (QED) is 0.820. The third kappa shape index (κ3) is 2.51. The molecule has 0 spiro atoms. The van der Waals surface area contributed by atoms with Crippen molar-refractivity contribution in [3.05, 3.63) is 0 Å². The number of carbonyl (C=O) groups excluding carboxylic acids is 2. The normalized spacial score (nSPS) is 30.4. The van der Waals surface area contributed by atoms with Gasteiger partial charge in [-0.25, -0.2) is 0 Å². The van der Waals surface area contributed by atoms with Crippen molar-refractivity contribution >= 4 is 17.8 Å². The minimum atomic E-state index is -0.862. The Morgan fingerprint density at radius 2 is 2.05 bits per heavy atom. The number of carbonyl (C=O) groups is 3. The van der Waals surface area contributed by atoms with Crippen molar-refractivity contribution in [1.82, 2.24) is 9.80 Å². The van der Waals surface area contributed by atoms with Gasteiger partial charge in [0.25, 0.3) is 0 Å². The van der Waals surface area contributed by atoms with Crippen molar-refractivity contribution in [1.29, 1.82) is 0 Å². The lowest BCUT2D eigenvalue weighted by molar-refractivity contribution is -0.147. The maximum absolute atomic E-state index is 12.4. The third-order valence-corrected chi connectivity index (χ3v) is 4.43. The highest BCUT2D eigenvalue weighted by molar-refractivity contribution is 5.90. The van der Waals surface area contributed by atoms with Crippen molar-refractivity contribution in [2.24, 2.45) is 11.3 Å². The number of amides is 2. The van der Waals surface area contributed by atoms with Crippen LogP contribution in [0.4, 0.5) is 0 Å². The molecule has 2 aliphatic rings. The first-order valence-corrected chi connectivity index (χ1v) is 7.06. The highest BCUT2D eigenvalue weighted by atomic mass is 16.4. The number of hydrogen-bond donors (Lipinski definition) is 1. The maximum Gasteiger partial charge on any atom is 0.311 e. The van der Waals surface area contributed by atoms with Crippen LogP contribution in [0.15, 0.2) is 0 Å². The molecular formula is C14H22N2O4. The van der Waals surface area contributed by atoms with Gasteiger partial charge >= 0.3 is 5.97 Å². The second kappa shape index (κ2) is 5.07. The van der Waals surface area contributed by atoms with Crippen LogP contribution >= 0.6 is 0 Å². The van der Waals surface area contributed by atoms with Crippen LogP contribution in [0.5, 0.6) is 0 Å². The van der Waals surface area contributed by atoms with Crippen LogP contribution in [-0.4, -0.2) is 58.4 Å². The molecule has 2 fully saturated rings. The number of hydrogen-bond acceptors (Lipinski definition) is 3. The number of nitrogens with zero attached hydrogens (tertiary/aromatic N) is 2. The largest absolute Gasteiger partial charge is 0.481 e. The number of aliphatic carboxylic acids is 1. The fourth-order valence-electron chi connectivity index (χ4n) is 2.98. The van der Waals surface area contributed by atoms with E-state index in [0.29, 0.717) is 19.5 Å². The van der Waals surface area contributed by atoms with Crippen LogP contribution < -0.4 is 0 Å². The maximum atomic E-state index is 12.4. The molecule has 6 nitrogen and oxygen atoms in total. The average Bonchev–Trinajstić information content (AvgIpc) is 2.93. The molecule has 20 heavy (non-hydrogen) atoms. The lowest BCUT2D eigenvalue weighted by Gasteiger charge is -2.24. The molecule has 2 rings (SSSR count). The van der Waals surface area contributed by atoms with Crippen molar-refractivity contribution in [3.8, 4) is 0 Å². The molecule has 0 aromatic carbocycles. The van der Waals surface area contributed by atoms with E-state index in [1.165, 1.54) is 0 Å². The predicted molar refractivity (Wildman–Crippen MR) is 71.9 cm³/mol. The zero-order valence-electron chi connectivity index (χ0n) is 12.3. The van der Waals surface area contributed by atoms with Crippen LogP contribution in [0, 0.1) is 11.3 Å². The van der Waals surface area contributed by atoms with E-state index in [0.717, 1.165) is 0 Å². The first-order valence-electron chi connectivity index (χ1n) is 7.06. The number of rotatable bonds is 3. The molecular weight excluding hydrogens is 260 g/mol. The summed E-state index contributed by atoms with van der Waals surface area (Å²) in [5.41, 5.74) is -0.851. The fourth-order valence-corrected chi connectivity index (χ4v) is 2.98. The number of carboxylic acids is 1. The van der Waals surface area contributed by atoms with Gasteiger partial charge in [0.15, 0.2) is 0 Å². The molecule has 1 N–H and O–H groups in total. The van der Waals surface area contributed by atoms with E-state index >= 15 is 0 Å². The second-order valence-electron chi connectivity index (χ2n) is 6.42. The first kappa shape index (κ1) is 14.8. The van der Waals surface area contributed by atoms with Crippen molar-refractivity contribution in [3.63, 3.8) is 0 Å². The Hall–Kier alpha value is -1.59. The Morgan fingerprint density at radius 3 is 2.50 bits per heavy atom. The molecule has 2 unspecified atom stereocenters. The predicted octanol–water partition coefficient (Wildman–Crippen LogP) is 0.566. The minimum absolute atomic E-state index is 0.0125. The highest BCUT2D eigenvalue weighted by Gasteiger charge is 2.45. The molecule has 0 aromatic heterocycles. The highest BCUT2D eigenvalue weighted by Crippen LogP contribution is 2.32. The molecule has 2 amide bonds. The van der Waals surface area contributed by atoms with Gasteiger partial charge in [0.1, 0.15) is 0 Å². The molecule has 0 aromatic rings. The van der Waals surface area contributed by atoms with Gasteiger partial charge in [-0.1, -0.05) is 0 Å². The van der Waals surface area contributed by atoms with Gasteiger partial charge in [-0.3, -0.25) is 14.4 Å². The Morgan fingerprint density at radius 1 is 1.40 bits per heavy atom. The summed E-state index contributed by atoms with van der Waals surface area (Å²) in [4.78, 5) is 38.8. The van der Waals surface area contributed by atoms with Crippen molar-refractivity contribution < 1.29 is 19.5 Å². The molecule has 112 valence electrons. The number of likely N-dealkylation sites (tertiary alicyclic amines) is 2. The van der Waals surface area contributed by atoms with Crippen LogP contribution in [-0.2, 0) is 14.4 Å². The summed E-state index contributed by atoms with van der Waals surface area (Å²) in [5.74, 6) is -1.25. The van der Waals surface area contributed by atoms with Gasteiger partial charge in [0.2, 0.25) is 11.8 Å². The van der Waals surface area contributed by atoms with E-state index < -0.39 is 11.4 Å². The number of carboxylic acid groups (broad SMARTS) is 1. The van der Waals surface area contributed by atoms with Crippen LogP contribution in [0.3, 0.4) is 0 Å². The summed E-state index contributed by atoms with van der Waals surface area (Å²) in [7, 11) is 0. The molecule has 0 bridgehead atoms. The Labute approximate surface area is 118 Å². The summed E-state index contributed by atoms with van der Waals surface area (Å²) < 4.78 is 0. The van der Waals surface area contributed by atoms with E-state index in [2.05, 4.69) is 0 Å². The summed E-state index contributed by atoms with van der Waals surface area (Å²) in [6.45, 7) is 6.70. The van der Waals surface area contributed by atoms with Gasteiger partial charge in [0, 0.05) is 32.1 Å². The molecule has 2 heterocycles. The molecule has 2 saturated heterocycles. The molecule has 2 atom stereocenters. The minimum Gasteiger partial charge on any atom is -0.481 e. The summed E-state index contributed by atoms with van der Waals surface area (Å²) >= 11 is 0. The monoisotopic (exact) mass is 282 g/mol. The zero-order valence-corrected chi connectivity index (χ0v) is 12.3. The van der Waals surface area contributed by atoms with Crippen LogP contribution in [0.1, 0.15) is 33.6 Å². The smallest absolute Gasteiger partial charge is 0.311 e. The Bertz CT molecular complexity index is 448.